The fourth-order valence-electron chi connectivity index (χ4n) is 1.82. The van der Waals surface area contributed by atoms with Gasteiger partial charge in [0.15, 0.2) is 0 Å². The quantitative estimate of drug-likeness (QED) is 0.585. The third-order valence-electron chi connectivity index (χ3n) is 2.93. The fraction of sp³-hybridized carbons (Fsp3) is 0.800. The molecule has 0 aromatic rings. The highest BCUT2D eigenvalue weighted by Gasteiger charge is 2.40. The summed E-state index contributed by atoms with van der Waals surface area (Å²) in [5.74, 6) is 0.514. The summed E-state index contributed by atoms with van der Waals surface area (Å²) in [4.78, 5) is 0. The number of hydrogen-bond donors (Lipinski definition) is 2. The van der Waals surface area contributed by atoms with E-state index in [-0.39, 0.29) is 0 Å². The molecule has 12 heavy (non-hydrogen) atoms. The van der Waals surface area contributed by atoms with Crippen LogP contribution in [0, 0.1) is 5.92 Å². The molecule has 0 saturated heterocycles. The molecule has 1 rings (SSSR count). The first-order valence-corrected chi connectivity index (χ1v) is 4.53. The van der Waals surface area contributed by atoms with E-state index in [9.17, 15) is 10.2 Å². The highest BCUT2D eigenvalue weighted by Crippen LogP contribution is 2.36. The lowest BCUT2D eigenvalue weighted by molar-refractivity contribution is -0.0842. The van der Waals surface area contributed by atoms with Gasteiger partial charge in [-0.2, -0.15) is 0 Å². The van der Waals surface area contributed by atoms with Gasteiger partial charge in [-0.3, -0.25) is 0 Å². The van der Waals surface area contributed by atoms with Gasteiger partial charge in [-0.05, 0) is 37.7 Å². The summed E-state index contributed by atoms with van der Waals surface area (Å²) in [6, 6.07) is 0. The van der Waals surface area contributed by atoms with Crippen LogP contribution in [0.25, 0.3) is 0 Å². The monoisotopic (exact) mass is 170 g/mol. The third kappa shape index (κ3) is 1.54. The molecule has 1 aliphatic rings. The highest BCUT2D eigenvalue weighted by molar-refractivity contribution is 5.14. The van der Waals surface area contributed by atoms with Crippen molar-refractivity contribution in [2.75, 3.05) is 0 Å². The summed E-state index contributed by atoms with van der Waals surface area (Å²) in [7, 11) is 0. The molecule has 0 aromatic carbocycles. The van der Waals surface area contributed by atoms with E-state index in [1.165, 1.54) is 0 Å². The maximum absolute atomic E-state index is 9.99. The molecular formula is C10H18O2. The summed E-state index contributed by atoms with van der Waals surface area (Å²) < 4.78 is 0. The van der Waals surface area contributed by atoms with Crippen LogP contribution < -0.4 is 0 Å². The van der Waals surface area contributed by atoms with E-state index >= 15 is 0 Å². The average molecular weight is 170 g/mol. The Bertz CT molecular complexity index is 188. The fourth-order valence-corrected chi connectivity index (χ4v) is 1.82. The Morgan fingerprint density at radius 1 is 1.58 bits per heavy atom. The van der Waals surface area contributed by atoms with Crippen LogP contribution in [0.4, 0.5) is 0 Å². The molecule has 0 radical (unpaired) electrons. The topological polar surface area (TPSA) is 40.5 Å². The van der Waals surface area contributed by atoms with Crippen molar-refractivity contribution in [1.29, 1.82) is 0 Å². The molecule has 0 heterocycles. The second-order valence-corrected chi connectivity index (χ2v) is 4.10. The molecule has 2 N–H and O–H groups in total. The van der Waals surface area contributed by atoms with Gasteiger partial charge in [0.1, 0.15) is 5.60 Å². The zero-order valence-electron chi connectivity index (χ0n) is 7.88. The van der Waals surface area contributed by atoms with Crippen molar-refractivity contribution in [3.8, 4) is 0 Å². The largest absolute Gasteiger partial charge is 0.390 e. The Balaban J connectivity index is 2.72. The van der Waals surface area contributed by atoms with E-state index in [0.717, 1.165) is 6.42 Å². The zero-order valence-corrected chi connectivity index (χ0v) is 7.88. The van der Waals surface area contributed by atoms with E-state index in [4.69, 9.17) is 0 Å². The van der Waals surface area contributed by atoms with E-state index in [1.807, 2.05) is 0 Å². The van der Waals surface area contributed by atoms with Crippen LogP contribution >= 0.6 is 0 Å². The smallest absolute Gasteiger partial charge is 0.111 e. The van der Waals surface area contributed by atoms with Crippen LogP contribution in [-0.4, -0.2) is 21.9 Å². The number of hydrogen-bond acceptors (Lipinski definition) is 2. The van der Waals surface area contributed by atoms with Gasteiger partial charge in [0.05, 0.1) is 6.10 Å². The SMILES string of the molecule is C=C(C)C1(O)CCC(C)CC1O. The molecule has 2 heteroatoms. The molecule has 3 atom stereocenters. The van der Waals surface area contributed by atoms with E-state index in [1.54, 1.807) is 6.92 Å². The zero-order chi connectivity index (χ0) is 9.35. The van der Waals surface area contributed by atoms with Gasteiger partial charge in [-0.1, -0.05) is 13.5 Å². The second-order valence-electron chi connectivity index (χ2n) is 4.10. The lowest BCUT2D eigenvalue weighted by atomic mass is 9.74. The number of rotatable bonds is 1. The van der Waals surface area contributed by atoms with E-state index in [2.05, 4.69) is 13.5 Å². The molecule has 2 nitrogen and oxygen atoms in total. The molecule has 0 spiro atoms. The van der Waals surface area contributed by atoms with Crippen molar-refractivity contribution < 1.29 is 10.2 Å². The minimum atomic E-state index is -1.02. The Hall–Kier alpha value is -0.340. The van der Waals surface area contributed by atoms with Gasteiger partial charge in [0.25, 0.3) is 0 Å². The highest BCUT2D eigenvalue weighted by atomic mass is 16.3. The van der Waals surface area contributed by atoms with Crippen molar-refractivity contribution >= 4 is 0 Å². The van der Waals surface area contributed by atoms with Crippen LogP contribution in [0.2, 0.25) is 0 Å². The van der Waals surface area contributed by atoms with Gasteiger partial charge in [0, 0.05) is 0 Å². The lowest BCUT2D eigenvalue weighted by Crippen LogP contribution is -2.47. The molecule has 0 amide bonds. The average Bonchev–Trinajstić information content (AvgIpc) is 1.97. The van der Waals surface area contributed by atoms with Crippen molar-refractivity contribution in [2.45, 2.75) is 44.8 Å². The predicted molar refractivity (Wildman–Crippen MR) is 48.8 cm³/mol. The molecule has 70 valence electrons. The predicted octanol–water partition coefficient (Wildman–Crippen LogP) is 1.47. The van der Waals surface area contributed by atoms with Gasteiger partial charge in [-0.15, -0.1) is 0 Å². The first kappa shape index (κ1) is 9.75. The first-order valence-electron chi connectivity index (χ1n) is 4.53. The third-order valence-corrected chi connectivity index (χ3v) is 2.93. The summed E-state index contributed by atoms with van der Waals surface area (Å²) in [6.07, 6.45) is 1.67. The maximum Gasteiger partial charge on any atom is 0.111 e. The Morgan fingerprint density at radius 3 is 2.58 bits per heavy atom. The van der Waals surface area contributed by atoms with Gasteiger partial charge < -0.3 is 10.2 Å². The summed E-state index contributed by atoms with van der Waals surface area (Å²) >= 11 is 0. The number of aliphatic hydroxyl groups is 2. The number of aliphatic hydroxyl groups excluding tert-OH is 1. The second kappa shape index (κ2) is 3.19. The Labute approximate surface area is 73.9 Å². The lowest BCUT2D eigenvalue weighted by Gasteiger charge is -2.39. The van der Waals surface area contributed by atoms with Crippen LogP contribution in [0.3, 0.4) is 0 Å². The Morgan fingerprint density at radius 2 is 2.17 bits per heavy atom. The first-order chi connectivity index (χ1) is 5.47. The van der Waals surface area contributed by atoms with Gasteiger partial charge in [0.2, 0.25) is 0 Å². The Kier molecular flexibility index (Phi) is 2.59. The standard InChI is InChI=1S/C10H18O2/c1-7(2)10(12)5-4-8(3)6-9(10)11/h8-9,11-12H,1,4-6H2,2-3H3. The molecule has 0 bridgehead atoms. The van der Waals surface area contributed by atoms with Crippen molar-refractivity contribution in [2.24, 2.45) is 5.92 Å². The minimum absolute atomic E-state index is 0.514. The van der Waals surface area contributed by atoms with Crippen molar-refractivity contribution in [3.63, 3.8) is 0 Å². The summed E-state index contributed by atoms with van der Waals surface area (Å²) in [5.41, 5.74) is -0.339. The van der Waals surface area contributed by atoms with Crippen LogP contribution in [0.1, 0.15) is 33.1 Å². The normalized spacial score (nSPS) is 42.7. The van der Waals surface area contributed by atoms with Gasteiger partial charge >= 0.3 is 0 Å². The summed E-state index contributed by atoms with van der Waals surface area (Å²) in [6.45, 7) is 7.59. The minimum Gasteiger partial charge on any atom is -0.390 e. The summed E-state index contributed by atoms with van der Waals surface area (Å²) in [5, 5.41) is 19.6. The molecule has 1 saturated carbocycles. The van der Waals surface area contributed by atoms with Crippen LogP contribution in [-0.2, 0) is 0 Å². The van der Waals surface area contributed by atoms with E-state index in [0.29, 0.717) is 24.3 Å². The molecule has 1 aliphatic carbocycles. The molecular weight excluding hydrogens is 152 g/mol. The van der Waals surface area contributed by atoms with Crippen LogP contribution in [0.5, 0.6) is 0 Å². The maximum atomic E-state index is 9.99. The molecule has 0 aromatic heterocycles. The van der Waals surface area contributed by atoms with Crippen molar-refractivity contribution in [1.82, 2.24) is 0 Å². The van der Waals surface area contributed by atoms with Crippen molar-refractivity contribution in [3.05, 3.63) is 12.2 Å². The molecule has 1 fully saturated rings. The molecule has 0 aliphatic heterocycles. The molecule has 3 unspecified atom stereocenters. The van der Waals surface area contributed by atoms with E-state index < -0.39 is 11.7 Å². The van der Waals surface area contributed by atoms with Gasteiger partial charge in [-0.25, -0.2) is 0 Å². The van der Waals surface area contributed by atoms with Crippen LogP contribution in [0.15, 0.2) is 12.2 Å².